The van der Waals surface area contributed by atoms with Gasteiger partial charge in [-0.3, -0.25) is 9.59 Å². The summed E-state index contributed by atoms with van der Waals surface area (Å²) in [6.07, 6.45) is 2.68. The molecule has 2 rings (SSSR count). The first kappa shape index (κ1) is 16.8. The van der Waals surface area contributed by atoms with Gasteiger partial charge in [0.25, 0.3) is 0 Å². The molecule has 2 amide bonds. The second-order valence-electron chi connectivity index (χ2n) is 6.16. The van der Waals surface area contributed by atoms with E-state index in [2.05, 4.69) is 0 Å². The second-order valence-corrected chi connectivity index (χ2v) is 6.56. The minimum absolute atomic E-state index is 0.0788. The molecule has 1 fully saturated rings. The number of likely N-dealkylation sites (tertiary alicyclic amines) is 1. The second kappa shape index (κ2) is 7.14. The van der Waals surface area contributed by atoms with Crippen molar-refractivity contribution in [2.24, 2.45) is 11.7 Å². The monoisotopic (exact) mass is 322 g/mol. The zero-order valence-corrected chi connectivity index (χ0v) is 13.9. The Bertz CT molecular complexity index is 574. The lowest BCUT2D eigenvalue weighted by molar-refractivity contribution is -0.137. The Kier molecular flexibility index (Phi) is 5.46. The molecular weight excluding hydrogens is 300 g/mol. The van der Waals surface area contributed by atoms with Gasteiger partial charge in [0.1, 0.15) is 0 Å². The molecule has 1 aliphatic heterocycles. The third-order valence-corrected chi connectivity index (χ3v) is 4.88. The van der Waals surface area contributed by atoms with E-state index in [0.717, 1.165) is 29.0 Å². The lowest BCUT2D eigenvalue weighted by Gasteiger charge is -2.37. The molecule has 2 atom stereocenters. The number of primary amides is 1. The predicted octanol–water partition coefficient (Wildman–Crippen LogP) is 2.69. The van der Waals surface area contributed by atoms with E-state index in [-0.39, 0.29) is 23.8 Å². The van der Waals surface area contributed by atoms with E-state index in [1.54, 1.807) is 4.90 Å². The predicted molar refractivity (Wildman–Crippen MR) is 87.6 cm³/mol. The van der Waals surface area contributed by atoms with Crippen LogP contribution in [0.2, 0.25) is 5.02 Å². The minimum Gasteiger partial charge on any atom is -0.369 e. The standard InChI is InChI=1S/C17H23ClN2O2/c1-11-3-5-13(9-15(11)18)6-8-16(21)20-10-14(17(19)22)7-4-12(20)2/h3,5,9,12,14H,4,6-8,10H2,1-2H3,(H2,19,22)/t12-,14-/m0/s1. The molecule has 22 heavy (non-hydrogen) atoms. The smallest absolute Gasteiger partial charge is 0.223 e. The van der Waals surface area contributed by atoms with Gasteiger partial charge in [-0.15, -0.1) is 0 Å². The van der Waals surface area contributed by atoms with E-state index in [1.165, 1.54) is 0 Å². The number of amides is 2. The van der Waals surface area contributed by atoms with Gasteiger partial charge >= 0.3 is 0 Å². The van der Waals surface area contributed by atoms with Crippen LogP contribution in [0.25, 0.3) is 0 Å². The van der Waals surface area contributed by atoms with E-state index in [4.69, 9.17) is 17.3 Å². The van der Waals surface area contributed by atoms with Crippen molar-refractivity contribution in [2.75, 3.05) is 6.54 Å². The van der Waals surface area contributed by atoms with Crippen molar-refractivity contribution in [3.8, 4) is 0 Å². The molecule has 1 heterocycles. The molecule has 4 nitrogen and oxygen atoms in total. The fourth-order valence-electron chi connectivity index (χ4n) is 2.87. The minimum atomic E-state index is -0.310. The van der Waals surface area contributed by atoms with Crippen LogP contribution in [0, 0.1) is 12.8 Å². The molecule has 1 aliphatic rings. The molecule has 0 saturated carbocycles. The molecule has 1 aromatic carbocycles. The summed E-state index contributed by atoms with van der Waals surface area (Å²) < 4.78 is 0. The van der Waals surface area contributed by atoms with Gasteiger partial charge in [0.15, 0.2) is 0 Å². The number of carbonyl (C=O) groups excluding carboxylic acids is 2. The molecule has 2 N–H and O–H groups in total. The number of nitrogens with two attached hydrogens (primary N) is 1. The first-order chi connectivity index (χ1) is 10.4. The van der Waals surface area contributed by atoms with Gasteiger partial charge in [0, 0.05) is 24.0 Å². The number of benzene rings is 1. The molecule has 1 saturated heterocycles. The summed E-state index contributed by atoms with van der Waals surface area (Å²) in [5.41, 5.74) is 7.47. The molecule has 0 aromatic heterocycles. The lowest BCUT2D eigenvalue weighted by Crippen LogP contribution is -2.48. The molecule has 1 aromatic rings. The van der Waals surface area contributed by atoms with Crippen LogP contribution in [-0.2, 0) is 16.0 Å². The van der Waals surface area contributed by atoms with Gasteiger partial charge in [0.2, 0.25) is 11.8 Å². The van der Waals surface area contributed by atoms with Crippen LogP contribution in [0.1, 0.15) is 37.3 Å². The van der Waals surface area contributed by atoms with Crippen molar-refractivity contribution in [3.05, 3.63) is 34.3 Å². The number of carbonyl (C=O) groups is 2. The molecular formula is C17H23ClN2O2. The molecule has 120 valence electrons. The number of aryl methyl sites for hydroxylation is 2. The molecule has 0 aliphatic carbocycles. The number of piperidine rings is 1. The van der Waals surface area contributed by atoms with Crippen molar-refractivity contribution >= 4 is 23.4 Å². The van der Waals surface area contributed by atoms with Crippen molar-refractivity contribution < 1.29 is 9.59 Å². The van der Waals surface area contributed by atoms with Gasteiger partial charge in [-0.1, -0.05) is 23.7 Å². The first-order valence-electron chi connectivity index (χ1n) is 7.72. The van der Waals surface area contributed by atoms with Crippen LogP contribution in [0.5, 0.6) is 0 Å². The summed E-state index contributed by atoms with van der Waals surface area (Å²) in [5, 5.41) is 0.727. The highest BCUT2D eigenvalue weighted by molar-refractivity contribution is 6.31. The summed E-state index contributed by atoms with van der Waals surface area (Å²) in [6.45, 7) is 4.43. The third-order valence-electron chi connectivity index (χ3n) is 4.47. The van der Waals surface area contributed by atoms with Gasteiger partial charge in [-0.25, -0.2) is 0 Å². The number of hydrogen-bond donors (Lipinski definition) is 1. The first-order valence-corrected chi connectivity index (χ1v) is 8.10. The van der Waals surface area contributed by atoms with Crippen molar-refractivity contribution in [1.82, 2.24) is 4.90 Å². The van der Waals surface area contributed by atoms with Gasteiger partial charge in [0.05, 0.1) is 5.92 Å². The maximum atomic E-state index is 12.4. The fourth-order valence-corrected chi connectivity index (χ4v) is 3.08. The number of nitrogens with zero attached hydrogens (tertiary/aromatic N) is 1. The highest BCUT2D eigenvalue weighted by Gasteiger charge is 2.31. The Labute approximate surface area is 136 Å². The lowest BCUT2D eigenvalue weighted by atomic mass is 9.92. The van der Waals surface area contributed by atoms with Crippen LogP contribution in [0.4, 0.5) is 0 Å². The largest absolute Gasteiger partial charge is 0.369 e. The molecule has 0 spiro atoms. The Morgan fingerprint density at radius 1 is 1.36 bits per heavy atom. The zero-order chi connectivity index (χ0) is 16.3. The average Bonchev–Trinajstić information content (AvgIpc) is 2.48. The number of rotatable bonds is 4. The maximum Gasteiger partial charge on any atom is 0.223 e. The van der Waals surface area contributed by atoms with E-state index in [9.17, 15) is 9.59 Å². The van der Waals surface area contributed by atoms with Gasteiger partial charge < -0.3 is 10.6 Å². The summed E-state index contributed by atoms with van der Waals surface area (Å²) in [6, 6.07) is 6.05. The summed E-state index contributed by atoms with van der Waals surface area (Å²) in [7, 11) is 0. The van der Waals surface area contributed by atoms with Gasteiger partial charge in [-0.05, 0) is 50.3 Å². The number of hydrogen-bond acceptors (Lipinski definition) is 2. The zero-order valence-electron chi connectivity index (χ0n) is 13.1. The normalized spacial score (nSPS) is 21.7. The average molecular weight is 323 g/mol. The van der Waals surface area contributed by atoms with Crippen LogP contribution in [0.15, 0.2) is 18.2 Å². The number of halogens is 1. The molecule has 0 bridgehead atoms. The van der Waals surface area contributed by atoms with Gasteiger partial charge in [-0.2, -0.15) is 0 Å². The van der Waals surface area contributed by atoms with Crippen LogP contribution in [-0.4, -0.2) is 29.3 Å². The summed E-state index contributed by atoms with van der Waals surface area (Å²) >= 11 is 6.11. The maximum absolute atomic E-state index is 12.4. The Morgan fingerprint density at radius 2 is 2.09 bits per heavy atom. The molecule has 0 unspecified atom stereocenters. The van der Waals surface area contributed by atoms with E-state index in [1.807, 2.05) is 32.0 Å². The Balaban J connectivity index is 1.95. The van der Waals surface area contributed by atoms with Crippen molar-refractivity contribution in [2.45, 2.75) is 45.6 Å². The summed E-state index contributed by atoms with van der Waals surface area (Å²) in [4.78, 5) is 25.6. The highest BCUT2D eigenvalue weighted by Crippen LogP contribution is 2.23. The molecule has 5 heteroatoms. The van der Waals surface area contributed by atoms with E-state index in [0.29, 0.717) is 19.4 Å². The van der Waals surface area contributed by atoms with E-state index >= 15 is 0 Å². The van der Waals surface area contributed by atoms with Crippen LogP contribution < -0.4 is 5.73 Å². The van der Waals surface area contributed by atoms with Crippen LogP contribution in [0.3, 0.4) is 0 Å². The quantitative estimate of drug-likeness (QED) is 0.926. The van der Waals surface area contributed by atoms with Crippen molar-refractivity contribution in [3.63, 3.8) is 0 Å². The third kappa shape index (κ3) is 4.01. The topological polar surface area (TPSA) is 63.4 Å². The van der Waals surface area contributed by atoms with Crippen LogP contribution >= 0.6 is 11.6 Å². The fraction of sp³-hybridized carbons (Fsp3) is 0.529. The molecule has 0 radical (unpaired) electrons. The Hall–Kier alpha value is -1.55. The van der Waals surface area contributed by atoms with Crippen molar-refractivity contribution in [1.29, 1.82) is 0 Å². The highest BCUT2D eigenvalue weighted by atomic mass is 35.5. The Morgan fingerprint density at radius 3 is 2.73 bits per heavy atom. The summed E-state index contributed by atoms with van der Waals surface area (Å²) in [5.74, 6) is -0.445. The van der Waals surface area contributed by atoms with E-state index < -0.39 is 0 Å². The SMILES string of the molecule is Cc1ccc(CCC(=O)N2C[C@@H](C(N)=O)CC[C@@H]2C)cc1Cl.